The van der Waals surface area contributed by atoms with Gasteiger partial charge in [-0.3, -0.25) is 4.79 Å². The number of allylic oxidation sites excluding steroid dienone is 1. The molecule has 1 fully saturated rings. The molecule has 19 heavy (non-hydrogen) atoms. The summed E-state index contributed by atoms with van der Waals surface area (Å²) in [5.41, 5.74) is 0.959. The molecular formula is C14H20N4O. The van der Waals surface area contributed by atoms with E-state index in [4.69, 9.17) is 0 Å². The fourth-order valence-electron chi connectivity index (χ4n) is 1.96. The van der Waals surface area contributed by atoms with Crippen LogP contribution in [0.1, 0.15) is 25.5 Å². The van der Waals surface area contributed by atoms with Gasteiger partial charge in [0.05, 0.1) is 0 Å². The van der Waals surface area contributed by atoms with Crippen LogP contribution in [0.2, 0.25) is 0 Å². The number of hydrogen-bond acceptors (Lipinski definition) is 4. The molecule has 5 heteroatoms. The van der Waals surface area contributed by atoms with E-state index in [0.717, 1.165) is 38.0 Å². The molecule has 1 N–H and O–H groups in total. The van der Waals surface area contributed by atoms with Gasteiger partial charge in [0.1, 0.15) is 18.2 Å². The van der Waals surface area contributed by atoms with Crippen molar-refractivity contribution < 1.29 is 4.79 Å². The first kappa shape index (κ1) is 13.5. The van der Waals surface area contributed by atoms with Gasteiger partial charge in [-0.1, -0.05) is 6.08 Å². The maximum atomic E-state index is 12.0. The molecule has 0 spiro atoms. The Morgan fingerprint density at radius 1 is 1.58 bits per heavy atom. The molecule has 1 aromatic rings. The number of hydrogen-bond donors (Lipinski definition) is 1. The Balaban J connectivity index is 1.93. The summed E-state index contributed by atoms with van der Waals surface area (Å²) in [5, 5.41) is 3.14. The third kappa shape index (κ3) is 3.53. The lowest BCUT2D eigenvalue weighted by Gasteiger charge is -2.33. The molecule has 102 valence electrons. The maximum Gasteiger partial charge on any atom is 0.244 e. The van der Waals surface area contributed by atoms with Gasteiger partial charge < -0.3 is 10.2 Å². The Morgan fingerprint density at radius 2 is 2.37 bits per heavy atom. The highest BCUT2D eigenvalue weighted by Crippen LogP contribution is 2.12. The molecule has 2 heterocycles. The topological polar surface area (TPSA) is 58.1 Å². The molecule has 0 radical (unpaired) electrons. The maximum absolute atomic E-state index is 12.0. The zero-order valence-electron chi connectivity index (χ0n) is 11.3. The summed E-state index contributed by atoms with van der Waals surface area (Å²) < 4.78 is 0. The van der Waals surface area contributed by atoms with Crippen molar-refractivity contribution in [3.05, 3.63) is 30.7 Å². The predicted octanol–water partition coefficient (Wildman–Crippen LogP) is 1.63. The van der Waals surface area contributed by atoms with E-state index in [2.05, 4.69) is 21.9 Å². The Hall–Kier alpha value is -1.91. The van der Waals surface area contributed by atoms with Gasteiger partial charge in [-0.2, -0.15) is 0 Å². The lowest BCUT2D eigenvalue weighted by atomic mass is 10.1. The van der Waals surface area contributed by atoms with Crippen molar-refractivity contribution >= 4 is 11.7 Å². The Kier molecular flexibility index (Phi) is 4.49. The quantitative estimate of drug-likeness (QED) is 0.790. The van der Waals surface area contributed by atoms with E-state index < -0.39 is 0 Å². The molecule has 0 unspecified atom stereocenters. The Bertz CT molecular complexity index is 457. The van der Waals surface area contributed by atoms with Gasteiger partial charge in [-0.05, 0) is 26.2 Å². The van der Waals surface area contributed by atoms with Crippen molar-refractivity contribution in [1.29, 1.82) is 0 Å². The monoisotopic (exact) mass is 260 g/mol. The highest BCUT2D eigenvalue weighted by molar-refractivity contribution is 5.84. The molecule has 0 bridgehead atoms. The second kappa shape index (κ2) is 6.31. The van der Waals surface area contributed by atoms with Crippen LogP contribution in [-0.4, -0.2) is 39.9 Å². The standard InChI is InChI=1S/C14H20N4O/c1-3-4-6-12-9-13(16-10-15-12)17-11(2)14(19)18-7-5-8-18/h3,9-11H,1,4-8H2,2H3,(H,15,16,17)/t11-/m1/s1. The zero-order chi connectivity index (χ0) is 13.7. The summed E-state index contributed by atoms with van der Waals surface area (Å²) in [6, 6.07) is 1.64. The van der Waals surface area contributed by atoms with Crippen LogP contribution in [0, 0.1) is 0 Å². The van der Waals surface area contributed by atoms with E-state index in [0.29, 0.717) is 5.82 Å². The lowest BCUT2D eigenvalue weighted by Crippen LogP contribution is -2.48. The van der Waals surface area contributed by atoms with Gasteiger partial charge in [0, 0.05) is 24.8 Å². The predicted molar refractivity (Wildman–Crippen MR) is 74.8 cm³/mol. The van der Waals surface area contributed by atoms with E-state index in [-0.39, 0.29) is 11.9 Å². The lowest BCUT2D eigenvalue weighted by molar-refractivity contribution is -0.135. The van der Waals surface area contributed by atoms with Crippen LogP contribution in [0.15, 0.2) is 25.0 Å². The summed E-state index contributed by atoms with van der Waals surface area (Å²) in [6.07, 6.45) is 6.23. The van der Waals surface area contributed by atoms with Crippen molar-refractivity contribution in [2.45, 2.75) is 32.2 Å². The van der Waals surface area contributed by atoms with E-state index in [1.54, 1.807) is 0 Å². The second-order valence-corrected chi connectivity index (χ2v) is 4.77. The average molecular weight is 260 g/mol. The number of rotatable bonds is 6. The van der Waals surface area contributed by atoms with Gasteiger partial charge in [-0.25, -0.2) is 9.97 Å². The molecule has 1 aliphatic rings. The van der Waals surface area contributed by atoms with E-state index >= 15 is 0 Å². The third-order valence-electron chi connectivity index (χ3n) is 3.23. The number of nitrogens with zero attached hydrogens (tertiary/aromatic N) is 3. The number of likely N-dealkylation sites (tertiary alicyclic amines) is 1. The number of anilines is 1. The van der Waals surface area contributed by atoms with Gasteiger partial charge >= 0.3 is 0 Å². The van der Waals surface area contributed by atoms with Crippen molar-refractivity contribution in [2.75, 3.05) is 18.4 Å². The molecule has 1 atom stereocenters. The third-order valence-corrected chi connectivity index (χ3v) is 3.23. The summed E-state index contributed by atoms with van der Waals surface area (Å²) in [7, 11) is 0. The molecule has 5 nitrogen and oxygen atoms in total. The van der Waals surface area contributed by atoms with Crippen LogP contribution < -0.4 is 5.32 Å². The highest BCUT2D eigenvalue weighted by atomic mass is 16.2. The van der Waals surface area contributed by atoms with Crippen molar-refractivity contribution in [3.8, 4) is 0 Å². The first-order chi connectivity index (χ1) is 9.20. The number of nitrogens with one attached hydrogen (secondary N) is 1. The smallest absolute Gasteiger partial charge is 0.244 e. The van der Waals surface area contributed by atoms with Crippen LogP contribution in [0.25, 0.3) is 0 Å². The van der Waals surface area contributed by atoms with E-state index in [9.17, 15) is 4.79 Å². The number of amides is 1. The van der Waals surface area contributed by atoms with Crippen LogP contribution in [0.3, 0.4) is 0 Å². The molecule has 1 saturated heterocycles. The summed E-state index contributed by atoms with van der Waals surface area (Å²) >= 11 is 0. The SMILES string of the molecule is C=CCCc1cc(N[C@H](C)C(=O)N2CCC2)ncn1. The minimum Gasteiger partial charge on any atom is -0.359 e. The first-order valence-corrected chi connectivity index (χ1v) is 6.68. The zero-order valence-corrected chi connectivity index (χ0v) is 11.3. The number of aromatic nitrogens is 2. The second-order valence-electron chi connectivity index (χ2n) is 4.77. The van der Waals surface area contributed by atoms with Crippen LogP contribution in [0.4, 0.5) is 5.82 Å². The summed E-state index contributed by atoms with van der Waals surface area (Å²) in [6.45, 7) is 7.31. The van der Waals surface area contributed by atoms with Crippen molar-refractivity contribution in [3.63, 3.8) is 0 Å². The van der Waals surface area contributed by atoms with E-state index in [1.807, 2.05) is 24.0 Å². The fraction of sp³-hybridized carbons (Fsp3) is 0.500. The van der Waals surface area contributed by atoms with Crippen molar-refractivity contribution in [1.82, 2.24) is 14.9 Å². The molecule has 1 aliphatic heterocycles. The first-order valence-electron chi connectivity index (χ1n) is 6.68. The molecule has 0 saturated carbocycles. The average Bonchev–Trinajstić information content (AvgIpc) is 2.34. The van der Waals surface area contributed by atoms with Crippen LogP contribution >= 0.6 is 0 Å². The Morgan fingerprint density at radius 3 is 3.00 bits per heavy atom. The van der Waals surface area contributed by atoms with Gasteiger partial charge in [0.2, 0.25) is 5.91 Å². The Labute approximate surface area is 113 Å². The fourth-order valence-corrected chi connectivity index (χ4v) is 1.96. The summed E-state index contributed by atoms with van der Waals surface area (Å²) in [4.78, 5) is 22.2. The minimum absolute atomic E-state index is 0.137. The summed E-state index contributed by atoms with van der Waals surface area (Å²) in [5.74, 6) is 0.841. The molecule has 0 aliphatic carbocycles. The van der Waals surface area contributed by atoms with Gasteiger partial charge in [0.15, 0.2) is 0 Å². The largest absolute Gasteiger partial charge is 0.359 e. The number of carbonyl (C=O) groups is 1. The highest BCUT2D eigenvalue weighted by Gasteiger charge is 2.25. The normalized spacial score (nSPS) is 15.5. The molecule has 1 aromatic heterocycles. The number of aryl methyl sites for hydroxylation is 1. The molecule has 0 aromatic carbocycles. The molecule has 1 amide bonds. The molecular weight excluding hydrogens is 240 g/mol. The minimum atomic E-state index is -0.248. The van der Waals surface area contributed by atoms with Gasteiger partial charge in [-0.15, -0.1) is 6.58 Å². The van der Waals surface area contributed by atoms with Crippen LogP contribution in [-0.2, 0) is 11.2 Å². The van der Waals surface area contributed by atoms with Crippen molar-refractivity contribution in [2.24, 2.45) is 0 Å². The van der Waals surface area contributed by atoms with Gasteiger partial charge in [0.25, 0.3) is 0 Å². The molecule has 2 rings (SSSR count). The van der Waals surface area contributed by atoms with Crippen LogP contribution in [0.5, 0.6) is 0 Å². The van der Waals surface area contributed by atoms with E-state index in [1.165, 1.54) is 6.33 Å². The number of carbonyl (C=O) groups excluding carboxylic acids is 1.